The number of benzene rings is 1. The van der Waals surface area contributed by atoms with Gasteiger partial charge in [0.2, 0.25) is 0 Å². The molecule has 0 fully saturated rings. The van der Waals surface area contributed by atoms with Crippen LogP contribution in [0.4, 0.5) is 4.39 Å². The molecule has 0 saturated heterocycles. The topological polar surface area (TPSA) is 66.0 Å². The minimum atomic E-state index is -0.923. The maximum absolute atomic E-state index is 13.7. The third-order valence-corrected chi connectivity index (χ3v) is 3.47. The second kappa shape index (κ2) is 5.53. The molecule has 2 aromatic rings. The quantitative estimate of drug-likeness (QED) is 0.845. The van der Waals surface area contributed by atoms with Gasteiger partial charge in [-0.2, -0.15) is 0 Å². The van der Waals surface area contributed by atoms with Gasteiger partial charge in [-0.05, 0) is 18.2 Å². The highest BCUT2D eigenvalue weighted by Gasteiger charge is 2.10. The van der Waals surface area contributed by atoms with E-state index in [1.54, 1.807) is 12.1 Å². The van der Waals surface area contributed by atoms with Crippen LogP contribution in [0.5, 0.6) is 0 Å². The molecule has 0 aliphatic heterocycles. The molecule has 4 nitrogen and oxygen atoms in total. The Morgan fingerprint density at radius 2 is 2.33 bits per heavy atom. The molecule has 0 saturated carbocycles. The molecule has 0 unspecified atom stereocenters. The smallest absolute Gasteiger partial charge is 0.313 e. The molecule has 7 heteroatoms. The summed E-state index contributed by atoms with van der Waals surface area (Å²) >= 11 is 4.23. The average molecular weight is 331 g/mol. The van der Waals surface area contributed by atoms with Gasteiger partial charge in [-0.3, -0.25) is 4.79 Å². The van der Waals surface area contributed by atoms with Crippen molar-refractivity contribution in [2.24, 2.45) is 0 Å². The number of carbonyl (C=O) groups is 1. The van der Waals surface area contributed by atoms with Gasteiger partial charge in [-0.25, -0.2) is 9.37 Å². The van der Waals surface area contributed by atoms with Gasteiger partial charge in [-0.15, -0.1) is 0 Å². The molecule has 18 heavy (non-hydrogen) atoms. The first-order valence-electron chi connectivity index (χ1n) is 4.91. The Morgan fingerprint density at radius 1 is 1.56 bits per heavy atom. The van der Waals surface area contributed by atoms with Gasteiger partial charge in [0.05, 0.1) is 17.6 Å². The van der Waals surface area contributed by atoms with E-state index in [9.17, 15) is 9.18 Å². The number of hydrogen-bond donors (Lipinski definition) is 2. The number of aliphatic carboxylic acids is 1. The maximum atomic E-state index is 13.7. The number of rotatable bonds is 4. The largest absolute Gasteiger partial charge is 0.481 e. The zero-order valence-electron chi connectivity index (χ0n) is 8.98. The molecule has 0 amide bonds. The van der Waals surface area contributed by atoms with E-state index in [-0.39, 0.29) is 11.6 Å². The summed E-state index contributed by atoms with van der Waals surface area (Å²) in [6.07, 6.45) is 1.48. The molecule has 94 valence electrons. The lowest BCUT2D eigenvalue weighted by Crippen LogP contribution is -1.97. The molecule has 2 N–H and O–H groups in total. The molecule has 0 radical (unpaired) electrons. The van der Waals surface area contributed by atoms with Gasteiger partial charge >= 0.3 is 5.97 Å². The second-order valence-corrected chi connectivity index (χ2v) is 5.29. The van der Waals surface area contributed by atoms with Crippen molar-refractivity contribution in [3.63, 3.8) is 0 Å². The Bertz CT molecular complexity index is 588. The molecule has 0 bridgehead atoms. The minimum absolute atomic E-state index is 0.0875. The Morgan fingerprint density at radius 3 is 3.00 bits per heavy atom. The number of nitrogens with zero attached hydrogens (tertiary/aromatic N) is 1. The molecule has 0 spiro atoms. The van der Waals surface area contributed by atoms with E-state index < -0.39 is 5.97 Å². The van der Waals surface area contributed by atoms with E-state index in [0.717, 1.165) is 11.8 Å². The van der Waals surface area contributed by atoms with E-state index >= 15 is 0 Å². The Kier molecular flexibility index (Phi) is 4.03. The van der Waals surface area contributed by atoms with Crippen LogP contribution in [0.15, 0.2) is 34.0 Å². The number of nitrogens with one attached hydrogen (secondary N) is 1. The molecular weight excluding hydrogens is 323 g/mol. The summed E-state index contributed by atoms with van der Waals surface area (Å²) in [6.45, 7) is 0. The fraction of sp³-hybridized carbons (Fsp3) is 0.0909. The standard InChI is InChI=1S/C11H8BrFN2O2S/c12-6-1-2-7(8(13)3-6)9-4-14-11(15-9)18-5-10(16)17/h1-4H,5H2,(H,14,15)(H,16,17). The van der Waals surface area contributed by atoms with Crippen LogP contribution in [0.1, 0.15) is 0 Å². The van der Waals surface area contributed by atoms with Crippen LogP contribution in [-0.4, -0.2) is 26.8 Å². The number of aromatic nitrogens is 2. The summed E-state index contributed by atoms with van der Waals surface area (Å²) in [5, 5.41) is 9.00. The summed E-state index contributed by atoms with van der Waals surface area (Å²) < 4.78 is 14.3. The number of hydrogen-bond acceptors (Lipinski definition) is 3. The predicted molar refractivity (Wildman–Crippen MR) is 70.0 cm³/mol. The molecule has 0 aliphatic carbocycles. The lowest BCUT2D eigenvalue weighted by atomic mass is 10.1. The van der Waals surface area contributed by atoms with Crippen LogP contribution >= 0.6 is 27.7 Å². The number of carboxylic acid groups (broad SMARTS) is 1. The minimum Gasteiger partial charge on any atom is -0.481 e. The highest BCUT2D eigenvalue weighted by molar-refractivity contribution is 9.10. The number of halogens is 2. The van der Waals surface area contributed by atoms with Crippen molar-refractivity contribution in [1.29, 1.82) is 0 Å². The molecular formula is C11H8BrFN2O2S. The monoisotopic (exact) mass is 330 g/mol. The number of H-pyrrole nitrogens is 1. The van der Waals surface area contributed by atoms with Crippen LogP contribution in [0.3, 0.4) is 0 Å². The number of aromatic amines is 1. The third-order valence-electron chi connectivity index (χ3n) is 2.11. The first-order valence-corrected chi connectivity index (χ1v) is 6.69. The first-order chi connectivity index (χ1) is 8.56. The van der Waals surface area contributed by atoms with Gasteiger partial charge in [0.25, 0.3) is 0 Å². The van der Waals surface area contributed by atoms with E-state index in [4.69, 9.17) is 5.11 Å². The van der Waals surface area contributed by atoms with Crippen LogP contribution in [0, 0.1) is 5.82 Å². The lowest BCUT2D eigenvalue weighted by Gasteiger charge is -2.00. The Labute approximate surface area is 115 Å². The summed E-state index contributed by atoms with van der Waals surface area (Å²) in [4.78, 5) is 17.3. The Balaban J connectivity index is 2.21. The summed E-state index contributed by atoms with van der Waals surface area (Å²) in [6, 6.07) is 4.71. The van der Waals surface area contributed by atoms with Crippen molar-refractivity contribution in [2.75, 3.05) is 5.75 Å². The summed E-state index contributed by atoms with van der Waals surface area (Å²) in [7, 11) is 0. The number of imidazole rings is 1. The van der Waals surface area contributed by atoms with Gasteiger partial charge in [0.1, 0.15) is 5.82 Å². The van der Waals surface area contributed by atoms with E-state index in [1.165, 1.54) is 12.3 Å². The fourth-order valence-corrected chi connectivity index (χ4v) is 2.25. The first kappa shape index (κ1) is 13.1. The third kappa shape index (κ3) is 3.11. The van der Waals surface area contributed by atoms with Crippen molar-refractivity contribution in [3.05, 3.63) is 34.7 Å². The van der Waals surface area contributed by atoms with Gasteiger partial charge in [0.15, 0.2) is 5.16 Å². The van der Waals surface area contributed by atoms with Crippen molar-refractivity contribution in [1.82, 2.24) is 9.97 Å². The fourth-order valence-electron chi connectivity index (χ4n) is 1.35. The van der Waals surface area contributed by atoms with Crippen LogP contribution in [-0.2, 0) is 4.79 Å². The SMILES string of the molecule is O=C(O)CSc1ncc(-c2ccc(Br)cc2F)[nH]1. The lowest BCUT2D eigenvalue weighted by molar-refractivity contribution is -0.133. The number of carboxylic acids is 1. The van der Waals surface area contributed by atoms with Gasteiger partial charge < -0.3 is 10.1 Å². The molecule has 0 atom stereocenters. The molecule has 1 aromatic carbocycles. The zero-order valence-corrected chi connectivity index (χ0v) is 11.4. The van der Waals surface area contributed by atoms with Gasteiger partial charge in [-0.1, -0.05) is 27.7 Å². The van der Waals surface area contributed by atoms with Crippen LogP contribution < -0.4 is 0 Å². The van der Waals surface area contributed by atoms with Crippen molar-refractivity contribution >= 4 is 33.7 Å². The maximum Gasteiger partial charge on any atom is 0.313 e. The van der Waals surface area contributed by atoms with Crippen LogP contribution in [0.2, 0.25) is 0 Å². The highest BCUT2D eigenvalue weighted by atomic mass is 79.9. The molecule has 0 aliphatic rings. The van der Waals surface area contributed by atoms with E-state index in [0.29, 0.717) is 20.9 Å². The highest BCUT2D eigenvalue weighted by Crippen LogP contribution is 2.26. The molecule has 2 rings (SSSR count). The summed E-state index contributed by atoms with van der Waals surface area (Å²) in [5.41, 5.74) is 0.917. The molecule has 1 heterocycles. The normalized spacial score (nSPS) is 10.6. The average Bonchev–Trinajstić information content (AvgIpc) is 2.75. The van der Waals surface area contributed by atoms with Crippen LogP contribution in [0.25, 0.3) is 11.3 Å². The molecule has 1 aromatic heterocycles. The predicted octanol–water partition coefficient (Wildman–Crippen LogP) is 3.16. The van der Waals surface area contributed by atoms with E-state index in [2.05, 4.69) is 25.9 Å². The zero-order chi connectivity index (χ0) is 13.1. The van der Waals surface area contributed by atoms with Crippen molar-refractivity contribution in [2.45, 2.75) is 5.16 Å². The Hall–Kier alpha value is -1.34. The summed E-state index contributed by atoms with van der Waals surface area (Å²) in [5.74, 6) is -1.38. The van der Waals surface area contributed by atoms with Crippen molar-refractivity contribution in [3.8, 4) is 11.3 Å². The number of thioether (sulfide) groups is 1. The van der Waals surface area contributed by atoms with Crippen molar-refractivity contribution < 1.29 is 14.3 Å². The van der Waals surface area contributed by atoms with E-state index in [1.807, 2.05) is 0 Å². The van der Waals surface area contributed by atoms with Gasteiger partial charge in [0, 0.05) is 10.0 Å². The second-order valence-electron chi connectivity index (χ2n) is 3.41.